The second-order valence-corrected chi connectivity index (χ2v) is 9.53. The smallest absolute Gasteiger partial charge is 0.333 e. The van der Waals surface area contributed by atoms with Crippen LogP contribution in [0.4, 0.5) is 22.7 Å². The Labute approximate surface area is 259 Å². The number of phenols is 2. The summed E-state index contributed by atoms with van der Waals surface area (Å²) in [7, 11) is 2.96. The molecule has 0 saturated carbocycles. The molecule has 2 N–H and O–H groups in total. The number of phenolic OH excluding ortho intramolecular Hbond substituents is 2. The Bertz CT molecular complexity index is 1560. The highest BCUT2D eigenvalue weighted by molar-refractivity contribution is 5.87. The van der Waals surface area contributed by atoms with Crippen molar-refractivity contribution in [2.75, 3.05) is 27.4 Å². The molecule has 0 fully saturated rings. The highest BCUT2D eigenvalue weighted by atomic mass is 16.6. The van der Waals surface area contributed by atoms with E-state index in [4.69, 9.17) is 23.7 Å². The van der Waals surface area contributed by atoms with E-state index in [1.165, 1.54) is 38.5 Å². The van der Waals surface area contributed by atoms with E-state index >= 15 is 0 Å². The molecule has 0 aromatic heterocycles. The molecule has 0 aliphatic rings. The lowest BCUT2D eigenvalue weighted by Crippen LogP contribution is -2.31. The summed E-state index contributed by atoms with van der Waals surface area (Å²) in [4.78, 5) is 12.2. The van der Waals surface area contributed by atoms with Gasteiger partial charge in [0.25, 0.3) is 0 Å². The van der Waals surface area contributed by atoms with Gasteiger partial charge in [-0.05, 0) is 79.7 Å². The summed E-state index contributed by atoms with van der Waals surface area (Å²) in [6.45, 7) is 5.23. The molecule has 0 unspecified atom stereocenters. The number of hydrogen-bond donors (Lipinski definition) is 2. The van der Waals surface area contributed by atoms with Gasteiger partial charge in [0.2, 0.25) is 0 Å². The van der Waals surface area contributed by atoms with Crippen molar-refractivity contribution in [1.29, 1.82) is 0 Å². The zero-order valence-electron chi connectivity index (χ0n) is 24.9. The van der Waals surface area contributed by atoms with E-state index < -0.39 is 12.1 Å². The van der Waals surface area contributed by atoms with Crippen molar-refractivity contribution in [3.8, 4) is 34.5 Å². The number of methoxy groups -OCH3 is 2. The van der Waals surface area contributed by atoms with Gasteiger partial charge in [-0.25, -0.2) is 4.79 Å². The topological polar surface area (TPSA) is 153 Å². The molecule has 0 atom stereocenters. The van der Waals surface area contributed by atoms with Crippen LogP contribution in [0.1, 0.15) is 6.92 Å². The molecule has 45 heavy (non-hydrogen) atoms. The van der Waals surface area contributed by atoms with Gasteiger partial charge < -0.3 is 33.9 Å². The Morgan fingerprint density at radius 1 is 0.689 bits per heavy atom. The van der Waals surface area contributed by atoms with Gasteiger partial charge in [0.1, 0.15) is 59.1 Å². The standard InChI is InChI=1S/C33H32N4O8/c1-21(2)33(40)45-28(19-43-26-11-5-22(6-12-26)34-36-29-15-9-24(38)17-31(29)41-3)20-44-27-13-7-23(8-14-27)35-37-30-16-10-25(39)18-32(30)42-4/h5-18,28,38-39H,1,19-20H2,2-4H3. The molecule has 12 heteroatoms. The monoisotopic (exact) mass is 612 g/mol. The first kappa shape index (κ1) is 32.0. The molecule has 0 radical (unpaired) electrons. The van der Waals surface area contributed by atoms with Crippen molar-refractivity contribution in [3.63, 3.8) is 0 Å². The van der Waals surface area contributed by atoms with E-state index in [1.54, 1.807) is 67.6 Å². The summed E-state index contributed by atoms with van der Waals surface area (Å²) in [5.74, 6) is 1.40. The van der Waals surface area contributed by atoms with Gasteiger partial charge in [-0.1, -0.05) is 6.58 Å². The summed E-state index contributed by atoms with van der Waals surface area (Å²) < 4.78 is 27.7. The maximum Gasteiger partial charge on any atom is 0.333 e. The van der Waals surface area contributed by atoms with E-state index in [2.05, 4.69) is 27.0 Å². The predicted octanol–water partition coefficient (Wildman–Crippen LogP) is 7.89. The Balaban J connectivity index is 1.34. The second-order valence-electron chi connectivity index (χ2n) is 9.53. The minimum atomic E-state index is -0.739. The Hall–Kier alpha value is -5.91. The van der Waals surface area contributed by atoms with Crippen molar-refractivity contribution in [2.45, 2.75) is 13.0 Å². The van der Waals surface area contributed by atoms with Gasteiger partial charge in [0, 0.05) is 17.7 Å². The summed E-state index contributed by atoms with van der Waals surface area (Å²) in [6, 6.07) is 22.8. The number of nitrogens with zero attached hydrogens (tertiary/aromatic N) is 4. The molecule has 0 amide bonds. The molecule has 0 saturated heterocycles. The number of aromatic hydroxyl groups is 2. The van der Waals surface area contributed by atoms with Gasteiger partial charge >= 0.3 is 5.97 Å². The average Bonchev–Trinajstić information content (AvgIpc) is 3.05. The van der Waals surface area contributed by atoms with Crippen molar-refractivity contribution in [1.82, 2.24) is 0 Å². The third kappa shape index (κ3) is 9.55. The molecule has 0 spiro atoms. The van der Waals surface area contributed by atoms with Crippen LogP contribution in [-0.2, 0) is 9.53 Å². The zero-order chi connectivity index (χ0) is 32.2. The molecular weight excluding hydrogens is 580 g/mol. The molecule has 12 nitrogen and oxygen atoms in total. The highest BCUT2D eigenvalue weighted by Crippen LogP contribution is 2.33. The molecule has 0 aliphatic heterocycles. The van der Waals surface area contributed by atoms with Crippen LogP contribution < -0.4 is 18.9 Å². The maximum atomic E-state index is 12.2. The molecule has 0 aliphatic carbocycles. The van der Waals surface area contributed by atoms with E-state index in [9.17, 15) is 15.0 Å². The van der Waals surface area contributed by atoms with Gasteiger partial charge in [-0.2, -0.15) is 10.2 Å². The number of carbonyl (C=O) groups excluding carboxylic acids is 1. The van der Waals surface area contributed by atoms with E-state index in [-0.39, 0.29) is 30.3 Å². The Morgan fingerprint density at radius 2 is 1.11 bits per heavy atom. The summed E-state index contributed by atoms with van der Waals surface area (Å²) in [5.41, 5.74) is 2.31. The van der Waals surface area contributed by atoms with Crippen LogP contribution in [0, 0.1) is 0 Å². The lowest BCUT2D eigenvalue weighted by molar-refractivity contribution is -0.147. The average molecular weight is 613 g/mol. The molecule has 4 aromatic rings. The normalized spacial score (nSPS) is 11.7. The minimum Gasteiger partial charge on any atom is -0.508 e. The number of carbonyl (C=O) groups is 1. The SMILES string of the molecule is C=C(C)C(=O)OC(COc1ccc(N=Nc2ccc(O)cc2OC)cc1)COc1ccc(N=Nc2ccc(O)cc2OC)cc1. The van der Waals surface area contributed by atoms with Crippen LogP contribution >= 0.6 is 0 Å². The molecule has 0 heterocycles. The number of azo groups is 2. The number of rotatable bonds is 14. The quantitative estimate of drug-likeness (QED) is 0.0828. The van der Waals surface area contributed by atoms with Gasteiger partial charge in [-0.3, -0.25) is 0 Å². The lowest BCUT2D eigenvalue weighted by atomic mass is 10.3. The first-order valence-corrected chi connectivity index (χ1v) is 13.6. The first-order chi connectivity index (χ1) is 21.7. The first-order valence-electron chi connectivity index (χ1n) is 13.6. The number of benzene rings is 4. The van der Waals surface area contributed by atoms with Gasteiger partial charge in [0.15, 0.2) is 6.10 Å². The summed E-state index contributed by atoms with van der Waals surface area (Å²) in [6.07, 6.45) is -0.739. The molecule has 232 valence electrons. The molecule has 4 aromatic carbocycles. The molecule has 0 bridgehead atoms. The van der Waals surface area contributed by atoms with E-state index in [0.717, 1.165) is 0 Å². The van der Waals surface area contributed by atoms with Crippen molar-refractivity contribution >= 4 is 28.7 Å². The van der Waals surface area contributed by atoms with Crippen LogP contribution in [0.15, 0.2) is 118 Å². The fourth-order valence-corrected chi connectivity index (χ4v) is 3.69. The Kier molecular flexibility index (Phi) is 11.0. The van der Waals surface area contributed by atoms with Crippen molar-refractivity contribution in [3.05, 3.63) is 97.1 Å². The molecule has 4 rings (SSSR count). The van der Waals surface area contributed by atoms with Crippen molar-refractivity contribution < 1.29 is 38.7 Å². The predicted molar refractivity (Wildman–Crippen MR) is 166 cm³/mol. The Morgan fingerprint density at radius 3 is 1.49 bits per heavy atom. The summed E-state index contributed by atoms with van der Waals surface area (Å²) in [5, 5.41) is 35.9. The van der Waals surface area contributed by atoms with Gasteiger partial charge in [0.05, 0.1) is 25.6 Å². The van der Waals surface area contributed by atoms with Crippen LogP contribution in [0.2, 0.25) is 0 Å². The van der Waals surface area contributed by atoms with Crippen LogP contribution in [-0.4, -0.2) is 49.7 Å². The van der Waals surface area contributed by atoms with E-state index in [0.29, 0.717) is 45.7 Å². The lowest BCUT2D eigenvalue weighted by Gasteiger charge is -2.19. The van der Waals surface area contributed by atoms with Gasteiger partial charge in [-0.15, -0.1) is 10.2 Å². The minimum absolute atomic E-state index is 0.0192. The third-order valence-corrected chi connectivity index (χ3v) is 6.04. The second kappa shape index (κ2) is 15.5. The highest BCUT2D eigenvalue weighted by Gasteiger charge is 2.17. The van der Waals surface area contributed by atoms with Crippen LogP contribution in [0.5, 0.6) is 34.5 Å². The number of ether oxygens (including phenoxy) is 5. The largest absolute Gasteiger partial charge is 0.508 e. The van der Waals surface area contributed by atoms with E-state index in [1.807, 2.05) is 0 Å². The zero-order valence-corrected chi connectivity index (χ0v) is 24.9. The maximum absolute atomic E-state index is 12.2. The number of esters is 1. The summed E-state index contributed by atoms with van der Waals surface area (Å²) >= 11 is 0. The van der Waals surface area contributed by atoms with Crippen molar-refractivity contribution in [2.24, 2.45) is 20.5 Å². The third-order valence-electron chi connectivity index (χ3n) is 6.04. The van der Waals surface area contributed by atoms with Crippen LogP contribution in [0.25, 0.3) is 0 Å². The number of hydrogen-bond acceptors (Lipinski definition) is 12. The van der Waals surface area contributed by atoms with Crippen LogP contribution in [0.3, 0.4) is 0 Å². The fourth-order valence-electron chi connectivity index (χ4n) is 3.69. The molecular formula is C33H32N4O8. The fraction of sp³-hybridized carbons (Fsp3) is 0.182.